The first kappa shape index (κ1) is 15.2. The third kappa shape index (κ3) is 3.67. The number of carbonyl (C=O) groups excluding carboxylic acids is 1. The van der Waals surface area contributed by atoms with Gasteiger partial charge in [0.1, 0.15) is 0 Å². The van der Waals surface area contributed by atoms with E-state index in [1.165, 1.54) is 0 Å². The summed E-state index contributed by atoms with van der Waals surface area (Å²) in [6.45, 7) is 8.15. The molecule has 1 N–H and O–H groups in total. The normalized spacial score (nSPS) is 11.6. The first-order chi connectivity index (χ1) is 9.41. The van der Waals surface area contributed by atoms with Gasteiger partial charge in [-0.05, 0) is 38.6 Å². The van der Waals surface area contributed by atoms with E-state index < -0.39 is 0 Å². The van der Waals surface area contributed by atoms with E-state index in [0.29, 0.717) is 6.42 Å². The number of amides is 1. The van der Waals surface area contributed by atoms with Crippen LogP contribution in [0.5, 0.6) is 0 Å². The molecule has 0 atom stereocenters. The SMILES string of the molecule is CCC(C)(C)NC(=O)Cc1sc(C)nc1-c1cccs1. The summed E-state index contributed by atoms with van der Waals surface area (Å²) in [5, 5.41) is 6.12. The van der Waals surface area contributed by atoms with E-state index in [2.05, 4.69) is 23.3 Å². The van der Waals surface area contributed by atoms with Crippen LogP contribution in [0.1, 0.15) is 37.1 Å². The van der Waals surface area contributed by atoms with Crippen LogP contribution in [0.3, 0.4) is 0 Å². The molecule has 0 aliphatic carbocycles. The van der Waals surface area contributed by atoms with Crippen LogP contribution >= 0.6 is 22.7 Å². The smallest absolute Gasteiger partial charge is 0.225 e. The second kappa shape index (κ2) is 6.06. The van der Waals surface area contributed by atoms with Crippen molar-refractivity contribution >= 4 is 28.6 Å². The van der Waals surface area contributed by atoms with Crippen LogP contribution in [0.15, 0.2) is 17.5 Å². The summed E-state index contributed by atoms with van der Waals surface area (Å²) < 4.78 is 0. The Morgan fingerprint density at radius 2 is 2.20 bits per heavy atom. The van der Waals surface area contributed by atoms with Crippen molar-refractivity contribution < 1.29 is 4.79 Å². The topological polar surface area (TPSA) is 42.0 Å². The van der Waals surface area contributed by atoms with E-state index in [-0.39, 0.29) is 11.4 Å². The second-order valence-electron chi connectivity index (χ2n) is 5.44. The van der Waals surface area contributed by atoms with Gasteiger partial charge in [0.05, 0.1) is 22.0 Å². The van der Waals surface area contributed by atoms with E-state index in [9.17, 15) is 4.79 Å². The molecule has 0 fully saturated rings. The molecule has 2 aromatic rings. The van der Waals surface area contributed by atoms with Crippen molar-refractivity contribution in [2.24, 2.45) is 0 Å². The van der Waals surface area contributed by atoms with Crippen LogP contribution < -0.4 is 5.32 Å². The van der Waals surface area contributed by atoms with Crippen LogP contribution in [-0.4, -0.2) is 16.4 Å². The molecular weight excluding hydrogens is 288 g/mol. The van der Waals surface area contributed by atoms with Crippen LogP contribution in [0, 0.1) is 6.92 Å². The fourth-order valence-corrected chi connectivity index (χ4v) is 3.61. The quantitative estimate of drug-likeness (QED) is 0.906. The molecule has 0 aromatic carbocycles. The first-order valence-corrected chi connectivity index (χ1v) is 8.42. The minimum absolute atomic E-state index is 0.0679. The molecule has 0 radical (unpaired) electrons. The molecule has 2 aromatic heterocycles. The van der Waals surface area contributed by atoms with Gasteiger partial charge >= 0.3 is 0 Å². The molecule has 2 rings (SSSR count). The number of hydrogen-bond donors (Lipinski definition) is 1. The monoisotopic (exact) mass is 308 g/mol. The van der Waals surface area contributed by atoms with Crippen molar-refractivity contribution in [3.63, 3.8) is 0 Å². The van der Waals surface area contributed by atoms with Gasteiger partial charge in [0.2, 0.25) is 5.91 Å². The summed E-state index contributed by atoms with van der Waals surface area (Å²) in [5.41, 5.74) is 0.812. The van der Waals surface area contributed by atoms with E-state index >= 15 is 0 Å². The highest BCUT2D eigenvalue weighted by molar-refractivity contribution is 7.15. The third-order valence-corrected chi connectivity index (χ3v) is 5.09. The van der Waals surface area contributed by atoms with Crippen molar-refractivity contribution in [3.05, 3.63) is 27.4 Å². The van der Waals surface area contributed by atoms with Gasteiger partial charge in [-0.3, -0.25) is 4.79 Å². The standard InChI is InChI=1S/C15H20N2OS2/c1-5-15(3,4)17-13(18)9-12-14(16-10(2)20-12)11-7-6-8-19-11/h6-8H,5,9H2,1-4H3,(H,17,18). The fourth-order valence-electron chi connectivity index (χ4n) is 1.85. The third-order valence-electron chi connectivity index (χ3n) is 3.24. The Morgan fingerprint density at radius 3 is 2.80 bits per heavy atom. The molecule has 108 valence electrons. The molecule has 0 aliphatic heterocycles. The van der Waals surface area contributed by atoms with Crippen LogP contribution in [0.25, 0.3) is 10.6 Å². The van der Waals surface area contributed by atoms with Crippen LogP contribution in [-0.2, 0) is 11.2 Å². The number of nitrogens with zero attached hydrogens (tertiary/aromatic N) is 1. The van der Waals surface area contributed by atoms with Gasteiger partial charge in [-0.25, -0.2) is 4.98 Å². The van der Waals surface area contributed by atoms with Gasteiger partial charge in [0.15, 0.2) is 0 Å². The highest BCUT2D eigenvalue weighted by Gasteiger charge is 2.20. The molecule has 0 aliphatic rings. The Labute approximate surface area is 128 Å². The van der Waals surface area contributed by atoms with E-state index in [0.717, 1.165) is 26.9 Å². The van der Waals surface area contributed by atoms with E-state index in [4.69, 9.17) is 0 Å². The van der Waals surface area contributed by atoms with Gasteiger partial charge in [-0.2, -0.15) is 0 Å². The number of thiazole rings is 1. The number of nitrogens with one attached hydrogen (secondary N) is 1. The van der Waals surface area contributed by atoms with Crippen molar-refractivity contribution in [1.29, 1.82) is 0 Å². The Morgan fingerprint density at radius 1 is 1.45 bits per heavy atom. The molecular formula is C15H20N2OS2. The Balaban J connectivity index is 2.16. The maximum Gasteiger partial charge on any atom is 0.225 e. The van der Waals surface area contributed by atoms with Gasteiger partial charge in [-0.1, -0.05) is 13.0 Å². The van der Waals surface area contributed by atoms with E-state index in [1.54, 1.807) is 22.7 Å². The van der Waals surface area contributed by atoms with Crippen molar-refractivity contribution in [1.82, 2.24) is 10.3 Å². The zero-order chi connectivity index (χ0) is 14.8. The fraction of sp³-hybridized carbons (Fsp3) is 0.467. The molecule has 2 heterocycles. The lowest BCUT2D eigenvalue weighted by molar-refractivity contribution is -0.122. The summed E-state index contributed by atoms with van der Waals surface area (Å²) in [7, 11) is 0. The number of rotatable bonds is 5. The van der Waals surface area contributed by atoms with Gasteiger partial charge in [0.25, 0.3) is 0 Å². The molecule has 3 nitrogen and oxygen atoms in total. The predicted octanol–water partition coefficient (Wildman–Crippen LogP) is 4.03. The zero-order valence-electron chi connectivity index (χ0n) is 12.3. The van der Waals surface area contributed by atoms with Crippen molar-refractivity contribution in [2.75, 3.05) is 0 Å². The predicted molar refractivity (Wildman–Crippen MR) is 86.4 cm³/mol. The summed E-state index contributed by atoms with van der Waals surface area (Å²) in [6, 6.07) is 4.06. The maximum absolute atomic E-state index is 12.2. The van der Waals surface area contributed by atoms with E-state index in [1.807, 2.05) is 32.2 Å². The average molecular weight is 308 g/mol. The highest BCUT2D eigenvalue weighted by atomic mass is 32.1. The highest BCUT2D eigenvalue weighted by Crippen LogP contribution is 2.31. The van der Waals surface area contributed by atoms with Gasteiger partial charge < -0.3 is 5.32 Å². The minimum atomic E-state index is -0.153. The summed E-state index contributed by atoms with van der Waals surface area (Å²) in [6.07, 6.45) is 1.32. The molecule has 0 saturated heterocycles. The number of aromatic nitrogens is 1. The molecule has 0 bridgehead atoms. The lowest BCUT2D eigenvalue weighted by atomic mass is 10.0. The van der Waals surface area contributed by atoms with Gasteiger partial charge in [-0.15, -0.1) is 22.7 Å². The second-order valence-corrected chi connectivity index (χ2v) is 7.68. The molecule has 20 heavy (non-hydrogen) atoms. The molecule has 5 heteroatoms. The molecule has 0 spiro atoms. The molecule has 1 amide bonds. The summed E-state index contributed by atoms with van der Waals surface area (Å²) in [5.74, 6) is 0.0679. The number of carbonyl (C=O) groups is 1. The number of hydrogen-bond acceptors (Lipinski definition) is 4. The Hall–Kier alpha value is -1.20. The lowest BCUT2D eigenvalue weighted by Crippen LogP contribution is -2.43. The summed E-state index contributed by atoms with van der Waals surface area (Å²) in [4.78, 5) is 18.9. The minimum Gasteiger partial charge on any atom is -0.351 e. The lowest BCUT2D eigenvalue weighted by Gasteiger charge is -2.24. The van der Waals surface area contributed by atoms with Crippen molar-refractivity contribution in [3.8, 4) is 10.6 Å². The molecule has 0 saturated carbocycles. The van der Waals surface area contributed by atoms with Crippen molar-refractivity contribution in [2.45, 2.75) is 46.1 Å². The Kier molecular flexibility index (Phi) is 4.60. The maximum atomic E-state index is 12.2. The summed E-state index contributed by atoms with van der Waals surface area (Å²) >= 11 is 3.27. The molecule has 0 unspecified atom stereocenters. The zero-order valence-corrected chi connectivity index (χ0v) is 14.0. The Bertz CT molecular complexity index is 585. The largest absolute Gasteiger partial charge is 0.351 e. The average Bonchev–Trinajstić information content (AvgIpc) is 2.97. The van der Waals surface area contributed by atoms with Crippen LogP contribution in [0.4, 0.5) is 0 Å². The van der Waals surface area contributed by atoms with Crippen LogP contribution in [0.2, 0.25) is 0 Å². The van der Waals surface area contributed by atoms with Gasteiger partial charge in [0, 0.05) is 10.4 Å². The number of aryl methyl sites for hydroxylation is 1. The first-order valence-electron chi connectivity index (χ1n) is 6.72. The number of thiophene rings is 1.